The van der Waals surface area contributed by atoms with Gasteiger partial charge in [-0.1, -0.05) is 23.2 Å². The minimum atomic E-state index is -0.711. The van der Waals surface area contributed by atoms with Crippen LogP contribution in [0.2, 0.25) is 10.0 Å². The molecule has 3 aromatic rings. The smallest absolute Gasteiger partial charge is 0.345 e. The van der Waals surface area contributed by atoms with Gasteiger partial charge in [0.2, 0.25) is 5.88 Å². The van der Waals surface area contributed by atoms with Crippen molar-refractivity contribution in [3.8, 4) is 0 Å². The summed E-state index contributed by atoms with van der Waals surface area (Å²) in [7, 11) is 0. The Kier molecular flexibility index (Phi) is 7.65. The van der Waals surface area contributed by atoms with E-state index in [9.17, 15) is 19.7 Å². The van der Waals surface area contributed by atoms with E-state index in [2.05, 4.69) is 15.8 Å². The molecular weight excluding hydrogens is 475 g/mol. The summed E-state index contributed by atoms with van der Waals surface area (Å²) in [6.07, 6.45) is 1.11. The maximum atomic E-state index is 12.4. The molecule has 0 bridgehead atoms. The number of anilines is 2. The van der Waals surface area contributed by atoms with Crippen molar-refractivity contribution in [3.63, 3.8) is 0 Å². The first-order chi connectivity index (χ1) is 15.8. The number of amides is 1. The summed E-state index contributed by atoms with van der Waals surface area (Å²) < 4.78 is 10.7. The number of hydrogen-bond donors (Lipinski definition) is 2. The van der Waals surface area contributed by atoms with E-state index >= 15 is 0 Å². The average molecular weight is 491 g/mol. The largest absolute Gasteiger partial charge is 0.462 e. The number of ether oxygens (including phenoxy) is 1. The highest BCUT2D eigenvalue weighted by Gasteiger charge is 2.25. The van der Waals surface area contributed by atoms with Crippen LogP contribution in [0.3, 0.4) is 0 Å². The Labute approximate surface area is 197 Å². The normalized spacial score (nSPS) is 10.8. The SMILES string of the molecule is CCOC(=O)c1c(Nc2ccc(Cl)cc2)oc(/C=N\NC(=O)c2ccc([N+](=O)[O-])cc2)c1Cl. The van der Waals surface area contributed by atoms with E-state index in [-0.39, 0.29) is 40.1 Å². The third-order valence-corrected chi connectivity index (χ3v) is 4.77. The highest BCUT2D eigenvalue weighted by Crippen LogP contribution is 2.34. The quantitative estimate of drug-likeness (QED) is 0.192. The van der Waals surface area contributed by atoms with Crippen molar-refractivity contribution in [2.45, 2.75) is 6.92 Å². The number of hydrogen-bond acceptors (Lipinski definition) is 8. The molecule has 0 radical (unpaired) electrons. The lowest BCUT2D eigenvalue weighted by Gasteiger charge is -2.06. The van der Waals surface area contributed by atoms with Crippen molar-refractivity contribution in [2.24, 2.45) is 5.10 Å². The van der Waals surface area contributed by atoms with Crippen LogP contribution in [0.4, 0.5) is 17.3 Å². The van der Waals surface area contributed by atoms with E-state index in [1.165, 1.54) is 24.3 Å². The summed E-state index contributed by atoms with van der Waals surface area (Å²) in [4.78, 5) is 34.7. The second-order valence-corrected chi connectivity index (χ2v) is 7.15. The third kappa shape index (κ3) is 5.88. The molecular formula is C21H16Cl2N4O6. The van der Waals surface area contributed by atoms with Crippen LogP contribution in [-0.2, 0) is 4.74 Å². The first-order valence-corrected chi connectivity index (χ1v) is 10.2. The zero-order valence-electron chi connectivity index (χ0n) is 17.0. The molecule has 2 N–H and O–H groups in total. The van der Waals surface area contributed by atoms with Gasteiger partial charge in [0.15, 0.2) is 5.76 Å². The van der Waals surface area contributed by atoms with Gasteiger partial charge < -0.3 is 14.5 Å². The predicted octanol–water partition coefficient (Wildman–Crippen LogP) is 5.18. The van der Waals surface area contributed by atoms with Crippen molar-refractivity contribution < 1.29 is 23.7 Å². The van der Waals surface area contributed by atoms with Gasteiger partial charge in [0.25, 0.3) is 11.6 Å². The Morgan fingerprint density at radius 1 is 1.15 bits per heavy atom. The van der Waals surface area contributed by atoms with Crippen LogP contribution in [0, 0.1) is 10.1 Å². The highest BCUT2D eigenvalue weighted by atomic mass is 35.5. The molecule has 1 amide bonds. The average Bonchev–Trinajstić information content (AvgIpc) is 3.10. The van der Waals surface area contributed by atoms with Gasteiger partial charge in [0.1, 0.15) is 10.6 Å². The van der Waals surface area contributed by atoms with Crippen LogP contribution >= 0.6 is 23.2 Å². The van der Waals surface area contributed by atoms with Crippen LogP contribution in [0.15, 0.2) is 58.0 Å². The molecule has 12 heteroatoms. The summed E-state index contributed by atoms with van der Waals surface area (Å²) >= 11 is 12.2. The fraction of sp³-hybridized carbons (Fsp3) is 0.0952. The fourth-order valence-electron chi connectivity index (χ4n) is 2.60. The molecule has 0 saturated carbocycles. The number of nitro groups is 1. The summed E-state index contributed by atoms with van der Waals surface area (Å²) in [5.74, 6) is -1.32. The Morgan fingerprint density at radius 3 is 2.42 bits per heavy atom. The topological polar surface area (TPSA) is 136 Å². The molecule has 10 nitrogen and oxygen atoms in total. The standard InChI is InChI=1S/C21H16Cl2N4O6/c1-2-32-21(29)17-18(23)16(33-20(17)25-14-7-5-13(22)6-8-14)11-24-26-19(28)12-3-9-15(10-4-12)27(30)31/h3-11,25H,2H2,1H3,(H,26,28)/b24-11-. The van der Waals surface area contributed by atoms with Crippen molar-refractivity contribution in [1.29, 1.82) is 0 Å². The Balaban J connectivity index is 1.80. The Hall–Kier alpha value is -3.89. The molecule has 0 aliphatic heterocycles. The molecule has 2 aromatic carbocycles. The monoisotopic (exact) mass is 490 g/mol. The van der Waals surface area contributed by atoms with Gasteiger partial charge in [0.05, 0.1) is 17.7 Å². The molecule has 1 heterocycles. The second kappa shape index (κ2) is 10.6. The van der Waals surface area contributed by atoms with Crippen molar-refractivity contribution in [3.05, 3.63) is 85.6 Å². The zero-order chi connectivity index (χ0) is 24.0. The predicted molar refractivity (Wildman–Crippen MR) is 123 cm³/mol. The number of carbonyl (C=O) groups is 2. The van der Waals surface area contributed by atoms with E-state index in [4.69, 9.17) is 32.4 Å². The van der Waals surface area contributed by atoms with Crippen LogP contribution in [-0.4, -0.2) is 29.6 Å². The molecule has 0 saturated heterocycles. The molecule has 1 aromatic heterocycles. The molecule has 0 aliphatic carbocycles. The number of nitrogens with one attached hydrogen (secondary N) is 2. The lowest BCUT2D eigenvalue weighted by atomic mass is 10.2. The number of nitro benzene ring substituents is 1. The lowest BCUT2D eigenvalue weighted by molar-refractivity contribution is -0.384. The second-order valence-electron chi connectivity index (χ2n) is 6.34. The number of furan rings is 1. The molecule has 0 atom stereocenters. The van der Waals surface area contributed by atoms with Crippen molar-refractivity contribution in [2.75, 3.05) is 11.9 Å². The third-order valence-electron chi connectivity index (χ3n) is 4.14. The van der Waals surface area contributed by atoms with Gasteiger partial charge >= 0.3 is 5.97 Å². The molecule has 0 aliphatic rings. The van der Waals surface area contributed by atoms with E-state index in [1.807, 2.05) is 0 Å². The number of carbonyl (C=O) groups excluding carboxylic acids is 2. The van der Waals surface area contributed by atoms with Gasteiger partial charge in [-0.3, -0.25) is 14.9 Å². The Bertz CT molecular complexity index is 1210. The summed E-state index contributed by atoms with van der Waals surface area (Å²) in [5.41, 5.74) is 2.79. The molecule has 3 rings (SSSR count). The van der Waals surface area contributed by atoms with Gasteiger partial charge in [-0.05, 0) is 43.3 Å². The number of hydrazone groups is 1. The van der Waals surface area contributed by atoms with Gasteiger partial charge in [-0.2, -0.15) is 5.10 Å². The van der Waals surface area contributed by atoms with Crippen LogP contribution < -0.4 is 10.7 Å². The number of benzene rings is 2. The number of halogens is 2. The van der Waals surface area contributed by atoms with Crippen LogP contribution in [0.1, 0.15) is 33.4 Å². The maximum absolute atomic E-state index is 12.4. The number of nitrogens with zero attached hydrogens (tertiary/aromatic N) is 2. The molecule has 33 heavy (non-hydrogen) atoms. The van der Waals surface area contributed by atoms with Gasteiger partial charge in [0, 0.05) is 28.4 Å². The van der Waals surface area contributed by atoms with E-state index in [1.54, 1.807) is 31.2 Å². The zero-order valence-corrected chi connectivity index (χ0v) is 18.5. The van der Waals surface area contributed by atoms with E-state index in [0.717, 1.165) is 6.21 Å². The minimum absolute atomic E-state index is 0.0137. The van der Waals surface area contributed by atoms with Crippen LogP contribution in [0.25, 0.3) is 0 Å². The first kappa shape index (κ1) is 23.8. The highest BCUT2D eigenvalue weighted by molar-refractivity contribution is 6.36. The summed E-state index contributed by atoms with van der Waals surface area (Å²) in [5, 5.41) is 17.9. The summed E-state index contributed by atoms with van der Waals surface area (Å²) in [6.45, 7) is 1.77. The number of non-ortho nitro benzene ring substituents is 1. The van der Waals surface area contributed by atoms with E-state index in [0.29, 0.717) is 10.7 Å². The maximum Gasteiger partial charge on any atom is 0.345 e. The minimum Gasteiger partial charge on any atom is -0.462 e. The van der Waals surface area contributed by atoms with Crippen LogP contribution in [0.5, 0.6) is 0 Å². The lowest BCUT2D eigenvalue weighted by Crippen LogP contribution is -2.17. The molecule has 0 spiro atoms. The van der Waals surface area contributed by atoms with Crippen molar-refractivity contribution in [1.82, 2.24) is 5.43 Å². The Morgan fingerprint density at radius 2 is 1.82 bits per heavy atom. The molecule has 0 fully saturated rings. The molecule has 170 valence electrons. The van der Waals surface area contributed by atoms with Gasteiger partial charge in [-0.15, -0.1) is 0 Å². The number of esters is 1. The van der Waals surface area contributed by atoms with E-state index < -0.39 is 16.8 Å². The van der Waals surface area contributed by atoms with Crippen molar-refractivity contribution >= 4 is 58.6 Å². The number of rotatable bonds is 8. The fourth-order valence-corrected chi connectivity index (χ4v) is 2.97. The van der Waals surface area contributed by atoms with Gasteiger partial charge in [-0.25, -0.2) is 10.2 Å². The first-order valence-electron chi connectivity index (χ1n) is 9.40. The summed E-state index contributed by atoms with van der Waals surface area (Å²) in [6, 6.07) is 11.6. The molecule has 0 unspecified atom stereocenters.